The average Bonchev–Trinajstić information content (AvgIpc) is 2.97. The molecule has 0 aliphatic heterocycles. The molecule has 3 aromatic carbocycles. The second-order valence-corrected chi connectivity index (χ2v) is 11.2. The third-order valence-corrected chi connectivity index (χ3v) is 6.87. The Bertz CT molecular complexity index is 1540. The van der Waals surface area contributed by atoms with Crippen molar-refractivity contribution in [1.29, 1.82) is 0 Å². The van der Waals surface area contributed by atoms with Crippen molar-refractivity contribution in [2.24, 2.45) is 0 Å². The summed E-state index contributed by atoms with van der Waals surface area (Å²) in [5, 5.41) is 24.0. The number of benzene rings is 3. The number of amides is 2. The molecular formula is C33H34N4O5. The van der Waals surface area contributed by atoms with Gasteiger partial charge in [0.25, 0.3) is 5.91 Å². The van der Waals surface area contributed by atoms with Crippen LogP contribution in [0, 0.1) is 0 Å². The van der Waals surface area contributed by atoms with Crippen molar-refractivity contribution in [2.75, 3.05) is 0 Å². The van der Waals surface area contributed by atoms with Crippen LogP contribution in [0.4, 0.5) is 0 Å². The molecule has 216 valence electrons. The van der Waals surface area contributed by atoms with E-state index in [-0.39, 0.29) is 17.6 Å². The molecule has 0 fully saturated rings. The quantitative estimate of drug-likeness (QED) is 0.229. The third kappa shape index (κ3) is 7.57. The van der Waals surface area contributed by atoms with Crippen molar-refractivity contribution in [3.8, 4) is 28.3 Å². The number of phenolic OH excluding ortho intramolecular Hbond substituents is 1. The molecule has 4 N–H and O–H groups in total. The number of aromatic nitrogens is 2. The molecule has 1 heterocycles. The van der Waals surface area contributed by atoms with E-state index in [1.54, 1.807) is 48.8 Å². The maximum Gasteiger partial charge on any atom is 0.325 e. The van der Waals surface area contributed by atoms with Gasteiger partial charge in [-0.05, 0) is 53.3 Å². The van der Waals surface area contributed by atoms with Gasteiger partial charge in [-0.1, -0.05) is 69.3 Å². The number of phenols is 1. The van der Waals surface area contributed by atoms with Crippen molar-refractivity contribution in [3.05, 3.63) is 102 Å². The number of carboxylic acid groups (broad SMARTS) is 1. The lowest BCUT2D eigenvalue weighted by Gasteiger charge is -2.21. The van der Waals surface area contributed by atoms with E-state index in [2.05, 4.69) is 41.4 Å². The molecule has 0 bridgehead atoms. The van der Waals surface area contributed by atoms with Crippen LogP contribution in [-0.4, -0.2) is 50.0 Å². The molecule has 0 unspecified atom stereocenters. The summed E-state index contributed by atoms with van der Waals surface area (Å²) < 4.78 is 0. The van der Waals surface area contributed by atoms with Crippen molar-refractivity contribution < 1.29 is 24.6 Å². The summed E-state index contributed by atoms with van der Waals surface area (Å²) >= 11 is 0. The highest BCUT2D eigenvalue weighted by atomic mass is 16.4. The van der Waals surface area contributed by atoms with Crippen molar-refractivity contribution in [1.82, 2.24) is 20.6 Å². The van der Waals surface area contributed by atoms with Gasteiger partial charge in [-0.3, -0.25) is 14.4 Å². The number of carbonyl (C=O) groups excluding carboxylic acids is 2. The Balaban J connectivity index is 1.49. The van der Waals surface area contributed by atoms with Crippen LogP contribution in [0.3, 0.4) is 0 Å². The second kappa shape index (κ2) is 12.6. The molecule has 0 spiro atoms. The number of hydrogen-bond acceptors (Lipinski definition) is 6. The number of carbonyl (C=O) groups is 3. The van der Waals surface area contributed by atoms with Gasteiger partial charge < -0.3 is 20.8 Å². The number of aliphatic carboxylic acids is 1. The molecule has 0 saturated carbocycles. The molecule has 2 atom stereocenters. The van der Waals surface area contributed by atoms with Crippen LogP contribution in [0.25, 0.3) is 22.5 Å². The molecule has 4 rings (SSSR count). The molecule has 0 aliphatic rings. The van der Waals surface area contributed by atoms with Gasteiger partial charge in [-0.25, -0.2) is 9.97 Å². The van der Waals surface area contributed by atoms with Crippen molar-refractivity contribution in [2.45, 2.75) is 51.6 Å². The van der Waals surface area contributed by atoms with Gasteiger partial charge in [0.2, 0.25) is 5.91 Å². The third-order valence-electron chi connectivity index (χ3n) is 6.87. The average molecular weight is 567 g/mol. The molecule has 0 aliphatic carbocycles. The van der Waals surface area contributed by atoms with E-state index in [0.29, 0.717) is 11.4 Å². The Morgan fingerprint density at radius 3 is 1.90 bits per heavy atom. The smallest absolute Gasteiger partial charge is 0.325 e. The minimum Gasteiger partial charge on any atom is -0.508 e. The van der Waals surface area contributed by atoms with Crippen molar-refractivity contribution in [3.63, 3.8) is 0 Å². The molecule has 0 saturated heterocycles. The molecule has 1 aromatic heterocycles. The molecule has 9 heteroatoms. The molecule has 4 aromatic rings. The van der Waals surface area contributed by atoms with Crippen LogP contribution in [0.5, 0.6) is 5.75 Å². The number of nitrogens with one attached hydrogen (secondary N) is 2. The highest BCUT2D eigenvalue weighted by molar-refractivity contribution is 5.98. The summed E-state index contributed by atoms with van der Waals surface area (Å²) in [5.74, 6) is -1.51. The zero-order chi connectivity index (χ0) is 30.4. The lowest BCUT2D eigenvalue weighted by atomic mass is 9.86. The lowest BCUT2D eigenvalue weighted by molar-refractivity contribution is -0.141. The summed E-state index contributed by atoms with van der Waals surface area (Å²) in [7, 11) is 0. The van der Waals surface area contributed by atoms with Gasteiger partial charge in [-0.15, -0.1) is 0 Å². The summed E-state index contributed by atoms with van der Waals surface area (Å²) in [6.07, 6.45) is 3.55. The van der Waals surface area contributed by atoms with E-state index in [1.807, 2.05) is 36.4 Å². The van der Waals surface area contributed by atoms with E-state index in [9.17, 15) is 24.6 Å². The fourth-order valence-electron chi connectivity index (χ4n) is 4.25. The number of hydrogen-bond donors (Lipinski definition) is 4. The Hall–Kier alpha value is -5.05. The summed E-state index contributed by atoms with van der Waals surface area (Å²) in [6, 6.07) is 19.1. The Morgan fingerprint density at radius 1 is 0.786 bits per heavy atom. The fourth-order valence-corrected chi connectivity index (χ4v) is 4.25. The van der Waals surface area contributed by atoms with Gasteiger partial charge in [0, 0.05) is 35.5 Å². The topological polar surface area (TPSA) is 142 Å². The van der Waals surface area contributed by atoms with Crippen LogP contribution in [0.15, 0.2) is 85.2 Å². The van der Waals surface area contributed by atoms with Crippen molar-refractivity contribution >= 4 is 17.8 Å². The first-order valence-corrected chi connectivity index (χ1v) is 13.6. The van der Waals surface area contributed by atoms with Crippen LogP contribution in [0.1, 0.15) is 49.2 Å². The first kappa shape index (κ1) is 29.9. The highest BCUT2D eigenvalue weighted by Gasteiger charge is 2.25. The van der Waals surface area contributed by atoms with E-state index < -0.39 is 29.9 Å². The lowest BCUT2D eigenvalue weighted by Crippen LogP contribution is -2.51. The Morgan fingerprint density at radius 2 is 1.36 bits per heavy atom. The van der Waals surface area contributed by atoms with Crippen LogP contribution in [0.2, 0.25) is 0 Å². The SMILES string of the molecule is C[C@@H](NC(=O)[C@H](Cc1ccc(-c2ncc(-c3ccc(O)cc3)cn2)cc1)NC(=O)c1ccc(C(C)(C)C)cc1)C(=O)O. The maximum absolute atomic E-state index is 13.1. The fraction of sp³-hybridized carbons (Fsp3) is 0.242. The number of aromatic hydroxyl groups is 1. The summed E-state index contributed by atoms with van der Waals surface area (Å²) in [6.45, 7) is 7.61. The minimum absolute atomic E-state index is 0.0730. The van der Waals surface area contributed by atoms with E-state index in [0.717, 1.165) is 27.8 Å². The van der Waals surface area contributed by atoms with Gasteiger partial charge in [-0.2, -0.15) is 0 Å². The monoisotopic (exact) mass is 566 g/mol. The Labute approximate surface area is 244 Å². The van der Waals surface area contributed by atoms with Crippen LogP contribution >= 0.6 is 0 Å². The normalized spacial score (nSPS) is 12.7. The number of rotatable bonds is 9. The predicted molar refractivity (Wildman–Crippen MR) is 160 cm³/mol. The standard InChI is InChI=1S/C33H34N4O5/c1-20(32(41)42)36-31(40)28(37-30(39)24-9-13-26(14-10-24)33(2,3)4)17-21-5-7-23(8-6-21)29-34-18-25(19-35-29)22-11-15-27(38)16-12-22/h5-16,18-20,28,38H,17H2,1-4H3,(H,36,40)(H,37,39)(H,41,42)/t20-,28+/m1/s1. The van der Waals surface area contributed by atoms with E-state index >= 15 is 0 Å². The van der Waals surface area contributed by atoms with E-state index in [1.165, 1.54) is 6.92 Å². The second-order valence-electron chi connectivity index (χ2n) is 11.2. The summed E-state index contributed by atoms with van der Waals surface area (Å²) in [4.78, 5) is 46.4. The van der Waals surface area contributed by atoms with Gasteiger partial charge in [0.15, 0.2) is 5.82 Å². The zero-order valence-corrected chi connectivity index (χ0v) is 24.0. The molecular weight excluding hydrogens is 532 g/mol. The van der Waals surface area contributed by atoms with Crippen LogP contribution < -0.4 is 10.6 Å². The zero-order valence-electron chi connectivity index (χ0n) is 24.0. The van der Waals surface area contributed by atoms with Crippen LogP contribution in [-0.2, 0) is 21.4 Å². The first-order valence-electron chi connectivity index (χ1n) is 13.6. The number of nitrogens with zero attached hydrogens (tertiary/aromatic N) is 2. The first-order chi connectivity index (χ1) is 19.9. The maximum atomic E-state index is 13.1. The van der Waals surface area contributed by atoms with E-state index in [4.69, 9.17) is 0 Å². The molecule has 2 amide bonds. The molecule has 42 heavy (non-hydrogen) atoms. The molecule has 0 radical (unpaired) electrons. The predicted octanol–water partition coefficient (Wildman–Crippen LogP) is 4.74. The highest BCUT2D eigenvalue weighted by Crippen LogP contribution is 2.24. The van der Waals surface area contributed by atoms with Gasteiger partial charge >= 0.3 is 5.97 Å². The molecule has 9 nitrogen and oxygen atoms in total. The van der Waals surface area contributed by atoms with Gasteiger partial charge in [0.1, 0.15) is 17.8 Å². The largest absolute Gasteiger partial charge is 0.508 e. The van der Waals surface area contributed by atoms with Gasteiger partial charge in [0.05, 0.1) is 0 Å². The minimum atomic E-state index is -1.17. The Kier molecular flexibility index (Phi) is 9.00. The number of carboxylic acids is 1. The summed E-state index contributed by atoms with van der Waals surface area (Å²) in [5.41, 5.74) is 4.60.